The van der Waals surface area contributed by atoms with E-state index in [0.717, 1.165) is 24.2 Å². The van der Waals surface area contributed by atoms with Crippen molar-refractivity contribution < 1.29 is 5.11 Å². The molecule has 0 aromatic heterocycles. The lowest BCUT2D eigenvalue weighted by atomic mass is 9.53. The van der Waals surface area contributed by atoms with Crippen LogP contribution in [-0.2, 0) is 0 Å². The number of rotatable bonds is 5. The molecule has 0 aromatic carbocycles. The first-order valence-electron chi connectivity index (χ1n) is 11.3. The van der Waals surface area contributed by atoms with Crippen LogP contribution >= 0.6 is 0 Å². The van der Waals surface area contributed by atoms with E-state index in [1.807, 2.05) is 0 Å². The highest BCUT2D eigenvalue weighted by molar-refractivity contribution is 5.18. The van der Waals surface area contributed by atoms with E-state index in [-0.39, 0.29) is 0 Å². The van der Waals surface area contributed by atoms with Crippen molar-refractivity contribution in [2.45, 2.75) is 104 Å². The lowest BCUT2D eigenvalue weighted by Crippen LogP contribution is -2.54. The number of allylic oxidation sites excluding steroid dienone is 1. The maximum atomic E-state index is 11.8. The second-order valence-corrected chi connectivity index (χ2v) is 10.4. The van der Waals surface area contributed by atoms with Crippen LogP contribution in [0.4, 0.5) is 0 Å². The Bertz CT molecular complexity index is 467. The molecule has 3 rings (SSSR count). The molecular weight excluding hydrogens is 304 g/mol. The lowest BCUT2D eigenvalue weighted by Gasteiger charge is -2.54. The van der Waals surface area contributed by atoms with Crippen LogP contribution in [0.3, 0.4) is 0 Å². The van der Waals surface area contributed by atoms with Crippen LogP contribution in [0.15, 0.2) is 12.2 Å². The Balaban J connectivity index is 1.74. The molecule has 0 aliphatic heterocycles. The molecule has 0 amide bonds. The summed E-state index contributed by atoms with van der Waals surface area (Å²) in [6.45, 7) is 9.72. The van der Waals surface area contributed by atoms with Gasteiger partial charge in [0.1, 0.15) is 0 Å². The summed E-state index contributed by atoms with van der Waals surface area (Å²) in [4.78, 5) is 0. The zero-order valence-electron chi connectivity index (χ0n) is 17.3. The Kier molecular flexibility index (Phi) is 6.03. The zero-order chi connectivity index (χ0) is 18.1. The molecular formula is C24H42O. The average molecular weight is 347 g/mol. The molecule has 1 heteroatoms. The third-order valence-corrected chi connectivity index (χ3v) is 8.34. The minimum absolute atomic E-state index is 0.353. The highest BCUT2D eigenvalue weighted by atomic mass is 16.3. The van der Waals surface area contributed by atoms with Gasteiger partial charge in [-0.05, 0) is 80.0 Å². The fraction of sp³-hybridized carbons (Fsp3) is 0.917. The summed E-state index contributed by atoms with van der Waals surface area (Å²) in [5.74, 6) is 3.46. The molecule has 3 aliphatic carbocycles. The van der Waals surface area contributed by atoms with Crippen molar-refractivity contribution in [3.63, 3.8) is 0 Å². The van der Waals surface area contributed by atoms with Crippen LogP contribution < -0.4 is 0 Å². The molecule has 3 aliphatic rings. The molecule has 0 heterocycles. The highest BCUT2D eigenvalue weighted by Gasteiger charge is 2.59. The topological polar surface area (TPSA) is 20.2 Å². The molecule has 1 nitrogen and oxygen atoms in total. The van der Waals surface area contributed by atoms with Crippen molar-refractivity contribution in [3.05, 3.63) is 12.2 Å². The summed E-state index contributed by atoms with van der Waals surface area (Å²) in [5.41, 5.74) is -0.161. The zero-order valence-corrected chi connectivity index (χ0v) is 17.3. The molecule has 1 N–H and O–H groups in total. The first kappa shape index (κ1) is 19.5. The van der Waals surface area contributed by atoms with Gasteiger partial charge in [-0.25, -0.2) is 0 Å². The van der Waals surface area contributed by atoms with Gasteiger partial charge in [0.15, 0.2) is 0 Å². The predicted octanol–water partition coefficient (Wildman–Crippen LogP) is 6.75. The first-order valence-corrected chi connectivity index (χ1v) is 11.3. The molecule has 0 unspecified atom stereocenters. The molecule has 0 spiro atoms. The Morgan fingerprint density at radius 2 is 1.84 bits per heavy atom. The van der Waals surface area contributed by atoms with Crippen molar-refractivity contribution >= 4 is 0 Å². The second-order valence-electron chi connectivity index (χ2n) is 10.4. The van der Waals surface area contributed by atoms with Gasteiger partial charge in [0, 0.05) is 0 Å². The van der Waals surface area contributed by atoms with Crippen molar-refractivity contribution in [2.24, 2.45) is 35.0 Å². The van der Waals surface area contributed by atoms with Crippen molar-refractivity contribution in [2.75, 3.05) is 0 Å². The Morgan fingerprint density at radius 3 is 2.60 bits per heavy atom. The molecule has 0 bridgehead atoms. The van der Waals surface area contributed by atoms with Crippen LogP contribution in [0.1, 0.15) is 98.3 Å². The minimum Gasteiger partial charge on any atom is -0.385 e. The van der Waals surface area contributed by atoms with E-state index in [9.17, 15) is 5.11 Å². The fourth-order valence-corrected chi connectivity index (χ4v) is 6.92. The van der Waals surface area contributed by atoms with E-state index in [2.05, 4.69) is 39.8 Å². The molecule has 0 aromatic rings. The van der Waals surface area contributed by atoms with Gasteiger partial charge in [-0.3, -0.25) is 0 Å². The molecule has 144 valence electrons. The van der Waals surface area contributed by atoms with E-state index >= 15 is 0 Å². The normalized spacial score (nSPS) is 43.8. The summed E-state index contributed by atoms with van der Waals surface area (Å²) in [7, 11) is 0. The summed E-state index contributed by atoms with van der Waals surface area (Å²) < 4.78 is 0. The molecule has 25 heavy (non-hydrogen) atoms. The van der Waals surface area contributed by atoms with Gasteiger partial charge in [0.25, 0.3) is 0 Å². The monoisotopic (exact) mass is 346 g/mol. The fourth-order valence-electron chi connectivity index (χ4n) is 6.92. The van der Waals surface area contributed by atoms with E-state index < -0.39 is 5.60 Å². The summed E-state index contributed by atoms with van der Waals surface area (Å²) in [6.07, 6.45) is 18.9. The van der Waals surface area contributed by atoms with E-state index in [4.69, 9.17) is 0 Å². The third kappa shape index (κ3) is 3.73. The average Bonchev–Trinajstić information content (AvgIpc) is 2.88. The Labute approximate surface area is 156 Å². The molecule has 2 fully saturated rings. The maximum absolute atomic E-state index is 11.8. The summed E-state index contributed by atoms with van der Waals surface area (Å²) in [5, 5.41) is 11.8. The van der Waals surface area contributed by atoms with E-state index in [0.29, 0.717) is 17.3 Å². The van der Waals surface area contributed by atoms with Gasteiger partial charge in [-0.2, -0.15) is 0 Å². The Morgan fingerprint density at radius 1 is 1.04 bits per heavy atom. The second kappa shape index (κ2) is 7.75. The number of fused-ring (bicyclic) bond motifs is 3. The van der Waals surface area contributed by atoms with Crippen LogP contribution in [0, 0.1) is 35.0 Å². The summed E-state index contributed by atoms with van der Waals surface area (Å²) in [6, 6.07) is 0. The minimum atomic E-state index is -0.514. The largest absolute Gasteiger partial charge is 0.385 e. The smallest absolute Gasteiger partial charge is 0.0888 e. The highest BCUT2D eigenvalue weighted by Crippen LogP contribution is 2.63. The third-order valence-electron chi connectivity index (χ3n) is 8.34. The number of aliphatic hydroxyl groups is 1. The molecule has 0 saturated heterocycles. The standard InChI is InChI=1S/C24H42O/c1-18(2)10-9-11-19(3)21-13-14-22-23(21,4)17-15-20-12-7-5-6-8-16-24(20,22)25/h8,16,18-22,25H,5-7,9-15,17H2,1-4H3/b16-8-/t19-,20-,21-,22-,23-,24+/m1/s1. The van der Waals surface area contributed by atoms with Gasteiger partial charge >= 0.3 is 0 Å². The maximum Gasteiger partial charge on any atom is 0.0888 e. The molecule has 0 radical (unpaired) electrons. The Hall–Kier alpha value is -0.300. The van der Waals surface area contributed by atoms with Crippen LogP contribution in [0.2, 0.25) is 0 Å². The molecule has 6 atom stereocenters. The lowest BCUT2D eigenvalue weighted by molar-refractivity contribution is -0.119. The van der Waals surface area contributed by atoms with Gasteiger partial charge in [0.2, 0.25) is 0 Å². The predicted molar refractivity (Wildman–Crippen MR) is 107 cm³/mol. The summed E-state index contributed by atoms with van der Waals surface area (Å²) >= 11 is 0. The SMILES string of the molecule is CC(C)CCC[C@@H](C)[C@H]1CC[C@H]2[C@]3(O)/C=C\CCCC[C@@H]3CC[C@]12C. The van der Waals surface area contributed by atoms with Crippen molar-refractivity contribution in [1.82, 2.24) is 0 Å². The van der Waals surface area contributed by atoms with Crippen LogP contribution in [0.25, 0.3) is 0 Å². The van der Waals surface area contributed by atoms with Gasteiger partial charge < -0.3 is 5.11 Å². The van der Waals surface area contributed by atoms with Gasteiger partial charge in [-0.15, -0.1) is 0 Å². The van der Waals surface area contributed by atoms with E-state index in [1.54, 1.807) is 0 Å². The quantitative estimate of drug-likeness (QED) is 0.546. The number of hydrogen-bond donors (Lipinski definition) is 1. The van der Waals surface area contributed by atoms with Crippen molar-refractivity contribution in [1.29, 1.82) is 0 Å². The first-order chi connectivity index (χ1) is 11.9. The van der Waals surface area contributed by atoms with Gasteiger partial charge in [-0.1, -0.05) is 65.5 Å². The van der Waals surface area contributed by atoms with Crippen molar-refractivity contribution in [3.8, 4) is 0 Å². The van der Waals surface area contributed by atoms with Crippen LogP contribution in [0.5, 0.6) is 0 Å². The number of hydrogen-bond acceptors (Lipinski definition) is 1. The molecule has 2 saturated carbocycles. The van der Waals surface area contributed by atoms with Gasteiger partial charge in [0.05, 0.1) is 5.60 Å². The van der Waals surface area contributed by atoms with E-state index in [1.165, 1.54) is 64.2 Å². The van der Waals surface area contributed by atoms with Crippen LogP contribution in [-0.4, -0.2) is 10.7 Å².